The molecule has 0 amide bonds. The van der Waals surface area contributed by atoms with Crippen molar-refractivity contribution in [2.45, 2.75) is 26.6 Å². The molecule has 0 aromatic rings. The van der Waals surface area contributed by atoms with Gasteiger partial charge >= 0.3 is 0 Å². The zero-order valence-corrected chi connectivity index (χ0v) is 7.17. The van der Waals surface area contributed by atoms with Gasteiger partial charge in [-0.15, -0.1) is 0 Å². The zero-order chi connectivity index (χ0) is 8.32. The minimum absolute atomic E-state index is 0.0949. The molecule has 11 heavy (non-hydrogen) atoms. The first-order valence-corrected chi connectivity index (χ1v) is 4.01. The Morgan fingerprint density at radius 1 is 1.36 bits per heavy atom. The normalized spacial score (nSPS) is 22.1. The van der Waals surface area contributed by atoms with Gasteiger partial charge in [0.2, 0.25) is 0 Å². The van der Waals surface area contributed by atoms with Crippen LogP contribution in [0.5, 0.6) is 0 Å². The first-order valence-electron chi connectivity index (χ1n) is 4.01. The third-order valence-corrected chi connectivity index (χ3v) is 1.87. The average molecular weight is 160 g/mol. The summed E-state index contributed by atoms with van der Waals surface area (Å²) in [6, 6.07) is 0. The van der Waals surface area contributed by atoms with Gasteiger partial charge in [-0.25, -0.2) is 0 Å². The average Bonchev–Trinajstić information content (AvgIpc) is 2.06. The highest BCUT2D eigenvalue weighted by molar-refractivity contribution is 4.73. The fraction of sp³-hybridized carbons (Fsp3) is 1.00. The van der Waals surface area contributed by atoms with Crippen LogP contribution in [0.4, 0.5) is 0 Å². The van der Waals surface area contributed by atoms with Crippen LogP contribution in [0.3, 0.4) is 0 Å². The largest absolute Gasteiger partial charge is 0.396 e. The molecule has 0 aliphatic carbocycles. The summed E-state index contributed by atoms with van der Waals surface area (Å²) < 4.78 is 10.7. The van der Waals surface area contributed by atoms with E-state index in [1.165, 1.54) is 0 Å². The summed E-state index contributed by atoms with van der Waals surface area (Å²) in [5, 5.41) is 8.99. The summed E-state index contributed by atoms with van der Waals surface area (Å²) in [5.41, 5.74) is -0.277. The Labute approximate surface area is 67.3 Å². The topological polar surface area (TPSA) is 38.7 Å². The van der Waals surface area contributed by atoms with Gasteiger partial charge in [-0.2, -0.15) is 0 Å². The van der Waals surface area contributed by atoms with Crippen molar-refractivity contribution in [2.75, 3.05) is 19.8 Å². The lowest BCUT2D eigenvalue weighted by Gasteiger charge is -2.34. The molecule has 0 aromatic carbocycles. The molecule has 0 saturated carbocycles. The van der Waals surface area contributed by atoms with E-state index in [0.29, 0.717) is 0 Å². The fourth-order valence-corrected chi connectivity index (χ4v) is 1.01. The maximum Gasteiger partial charge on any atom is 0.164 e. The van der Waals surface area contributed by atoms with Crippen LogP contribution in [-0.4, -0.2) is 31.2 Å². The number of aliphatic hydroxyl groups excluding tert-OH is 1. The van der Waals surface area contributed by atoms with Crippen molar-refractivity contribution < 1.29 is 14.6 Å². The summed E-state index contributed by atoms with van der Waals surface area (Å²) in [7, 11) is 0. The van der Waals surface area contributed by atoms with E-state index in [0.717, 1.165) is 19.6 Å². The quantitative estimate of drug-likeness (QED) is 0.648. The molecule has 1 fully saturated rings. The molecule has 0 unspecified atom stereocenters. The maximum atomic E-state index is 8.99. The Bertz CT molecular complexity index is 117. The Morgan fingerprint density at radius 2 is 1.91 bits per heavy atom. The molecule has 1 saturated heterocycles. The molecule has 0 spiro atoms. The summed E-state index contributed by atoms with van der Waals surface area (Å²) >= 11 is 0. The molecular weight excluding hydrogens is 144 g/mol. The Balaban J connectivity index is 2.43. The predicted octanol–water partition coefficient (Wildman–Crippen LogP) is 0.768. The van der Waals surface area contributed by atoms with Crippen LogP contribution in [-0.2, 0) is 9.47 Å². The third-order valence-electron chi connectivity index (χ3n) is 1.87. The van der Waals surface area contributed by atoms with Gasteiger partial charge in [-0.3, -0.25) is 0 Å². The van der Waals surface area contributed by atoms with Crippen molar-refractivity contribution in [3.63, 3.8) is 0 Å². The van der Waals surface area contributed by atoms with Gasteiger partial charge in [-0.05, 0) is 6.42 Å². The highest BCUT2D eigenvalue weighted by Gasteiger charge is 2.32. The van der Waals surface area contributed by atoms with E-state index in [1.54, 1.807) is 0 Å². The van der Waals surface area contributed by atoms with Crippen molar-refractivity contribution in [2.24, 2.45) is 5.41 Å². The molecule has 3 nitrogen and oxygen atoms in total. The molecule has 1 rings (SSSR count). The highest BCUT2D eigenvalue weighted by Crippen LogP contribution is 2.25. The summed E-state index contributed by atoms with van der Waals surface area (Å²) in [6.07, 6.45) is 0.721. The SMILES string of the molecule is CC(C)(CO)C1OCCCO1. The van der Waals surface area contributed by atoms with Gasteiger partial charge < -0.3 is 14.6 Å². The van der Waals surface area contributed by atoms with E-state index in [-0.39, 0.29) is 18.3 Å². The van der Waals surface area contributed by atoms with Crippen LogP contribution in [0.15, 0.2) is 0 Å². The standard InChI is InChI=1S/C8H16O3/c1-8(2,6-9)7-10-4-3-5-11-7/h7,9H,3-6H2,1-2H3. The molecule has 1 N–H and O–H groups in total. The van der Waals surface area contributed by atoms with Crippen molar-refractivity contribution >= 4 is 0 Å². The molecule has 0 bridgehead atoms. The van der Waals surface area contributed by atoms with Gasteiger partial charge in [0.15, 0.2) is 6.29 Å². The summed E-state index contributed by atoms with van der Waals surface area (Å²) in [6.45, 7) is 5.45. The molecule has 1 aliphatic heterocycles. The smallest absolute Gasteiger partial charge is 0.164 e. The second-order valence-electron chi connectivity index (χ2n) is 3.57. The van der Waals surface area contributed by atoms with Crippen LogP contribution in [0, 0.1) is 5.41 Å². The second kappa shape index (κ2) is 3.52. The van der Waals surface area contributed by atoms with Crippen LogP contribution in [0.1, 0.15) is 20.3 Å². The van der Waals surface area contributed by atoms with E-state index >= 15 is 0 Å². The molecule has 1 aliphatic rings. The lowest BCUT2D eigenvalue weighted by atomic mass is 9.94. The van der Waals surface area contributed by atoms with E-state index in [9.17, 15) is 0 Å². The van der Waals surface area contributed by atoms with Crippen LogP contribution >= 0.6 is 0 Å². The van der Waals surface area contributed by atoms with E-state index < -0.39 is 0 Å². The molecule has 66 valence electrons. The van der Waals surface area contributed by atoms with Crippen molar-refractivity contribution in [3.8, 4) is 0 Å². The molecular formula is C8H16O3. The number of aliphatic hydroxyl groups is 1. The lowest BCUT2D eigenvalue weighted by Crippen LogP contribution is -2.40. The molecule has 0 aromatic heterocycles. The van der Waals surface area contributed by atoms with Gasteiger partial charge in [0, 0.05) is 5.41 Å². The summed E-state index contributed by atoms with van der Waals surface area (Å²) in [4.78, 5) is 0. The minimum atomic E-state index is -0.277. The molecule has 0 radical (unpaired) electrons. The Hall–Kier alpha value is -0.120. The highest BCUT2D eigenvalue weighted by atomic mass is 16.7. The van der Waals surface area contributed by atoms with Gasteiger partial charge in [0.05, 0.1) is 19.8 Å². The first kappa shape index (κ1) is 8.97. The van der Waals surface area contributed by atoms with Crippen molar-refractivity contribution in [1.82, 2.24) is 0 Å². The van der Waals surface area contributed by atoms with Crippen LogP contribution in [0.2, 0.25) is 0 Å². The molecule has 0 atom stereocenters. The van der Waals surface area contributed by atoms with E-state index in [2.05, 4.69) is 0 Å². The number of hydrogen-bond donors (Lipinski definition) is 1. The van der Waals surface area contributed by atoms with Gasteiger partial charge in [0.25, 0.3) is 0 Å². The Kier molecular flexibility index (Phi) is 2.87. The monoisotopic (exact) mass is 160 g/mol. The molecule has 3 heteroatoms. The Morgan fingerprint density at radius 3 is 2.36 bits per heavy atom. The van der Waals surface area contributed by atoms with Crippen LogP contribution < -0.4 is 0 Å². The second-order valence-corrected chi connectivity index (χ2v) is 3.57. The predicted molar refractivity (Wildman–Crippen MR) is 41.2 cm³/mol. The minimum Gasteiger partial charge on any atom is -0.396 e. The summed E-state index contributed by atoms with van der Waals surface area (Å²) in [5.74, 6) is 0. The first-order chi connectivity index (χ1) is 5.17. The number of hydrogen-bond acceptors (Lipinski definition) is 3. The number of rotatable bonds is 2. The van der Waals surface area contributed by atoms with Crippen LogP contribution in [0.25, 0.3) is 0 Å². The molecule has 1 heterocycles. The van der Waals surface area contributed by atoms with Crippen molar-refractivity contribution in [1.29, 1.82) is 0 Å². The van der Waals surface area contributed by atoms with Gasteiger partial charge in [0.1, 0.15) is 0 Å². The van der Waals surface area contributed by atoms with Crippen molar-refractivity contribution in [3.05, 3.63) is 0 Å². The van der Waals surface area contributed by atoms with E-state index in [4.69, 9.17) is 14.6 Å². The lowest BCUT2D eigenvalue weighted by molar-refractivity contribution is -0.235. The zero-order valence-electron chi connectivity index (χ0n) is 7.17. The number of ether oxygens (including phenoxy) is 2. The maximum absolute atomic E-state index is 8.99. The fourth-order valence-electron chi connectivity index (χ4n) is 1.01. The third kappa shape index (κ3) is 2.15. The van der Waals surface area contributed by atoms with Gasteiger partial charge in [-0.1, -0.05) is 13.8 Å². The van der Waals surface area contributed by atoms with E-state index in [1.807, 2.05) is 13.8 Å².